The van der Waals surface area contributed by atoms with E-state index < -0.39 is 28.1 Å². The van der Waals surface area contributed by atoms with Crippen molar-refractivity contribution in [3.8, 4) is 0 Å². The fourth-order valence-electron chi connectivity index (χ4n) is 2.52. The monoisotopic (exact) mass is 289 g/mol. The van der Waals surface area contributed by atoms with E-state index in [9.17, 15) is 18.0 Å². The molecule has 2 heterocycles. The average Bonchev–Trinajstić information content (AvgIpc) is 2.34. The molecule has 0 aliphatic carbocycles. The molecule has 0 spiro atoms. The van der Waals surface area contributed by atoms with Crippen LogP contribution < -0.4 is 5.32 Å². The van der Waals surface area contributed by atoms with Crippen LogP contribution >= 0.6 is 0 Å². The van der Waals surface area contributed by atoms with Crippen molar-refractivity contribution in [2.75, 3.05) is 13.1 Å². The summed E-state index contributed by atoms with van der Waals surface area (Å²) < 4.78 is 27.5. The lowest BCUT2D eigenvalue weighted by molar-refractivity contribution is -0.137. The van der Waals surface area contributed by atoms with E-state index in [2.05, 4.69) is 5.32 Å². The van der Waals surface area contributed by atoms with E-state index in [-0.39, 0.29) is 12.6 Å². The Morgan fingerprint density at radius 1 is 1.16 bits per heavy atom. The molecule has 1 N–H and O–H groups in total. The maximum absolute atomic E-state index is 12.6. The fraction of sp³-hybridized carbons (Fsp3) is 0.818. The Labute approximate surface area is 113 Å². The van der Waals surface area contributed by atoms with Crippen molar-refractivity contribution < 1.29 is 18.0 Å². The minimum absolute atomic E-state index is 0.0916. The van der Waals surface area contributed by atoms with E-state index in [0.717, 1.165) is 23.6 Å². The number of amides is 2. The Balaban J connectivity index is 2.27. The van der Waals surface area contributed by atoms with Gasteiger partial charge in [-0.25, -0.2) is 0 Å². The zero-order valence-corrected chi connectivity index (χ0v) is 11.9. The van der Waals surface area contributed by atoms with Crippen LogP contribution in [0, 0.1) is 0 Å². The summed E-state index contributed by atoms with van der Waals surface area (Å²) in [7, 11) is -3.76. The smallest absolute Gasteiger partial charge is 0.283 e. The second-order valence-electron chi connectivity index (χ2n) is 5.10. The van der Waals surface area contributed by atoms with Gasteiger partial charge in [-0.3, -0.25) is 14.9 Å². The van der Waals surface area contributed by atoms with Gasteiger partial charge in [0.25, 0.3) is 10.2 Å². The number of nitrogens with one attached hydrogen (secondary N) is 1. The molecular formula is C11H19N3O4S. The molecule has 7 nitrogen and oxygen atoms in total. The second kappa shape index (κ2) is 5.18. The predicted molar refractivity (Wildman–Crippen MR) is 68.3 cm³/mol. The fourth-order valence-corrected chi connectivity index (χ4v) is 4.49. The van der Waals surface area contributed by atoms with E-state index in [1.807, 2.05) is 6.92 Å². The summed E-state index contributed by atoms with van der Waals surface area (Å²) in [6.45, 7) is 3.50. The SMILES string of the molecule is CC1CCCCN1S(=O)(=O)N1CC(=O)NC(=O)C1C. The van der Waals surface area contributed by atoms with Crippen LogP contribution in [0.2, 0.25) is 0 Å². The van der Waals surface area contributed by atoms with E-state index in [1.165, 1.54) is 11.2 Å². The van der Waals surface area contributed by atoms with Gasteiger partial charge in [0.15, 0.2) is 0 Å². The third-order valence-electron chi connectivity index (χ3n) is 3.71. The number of nitrogens with zero attached hydrogens (tertiary/aromatic N) is 2. The molecule has 2 aliphatic rings. The quantitative estimate of drug-likeness (QED) is 0.691. The van der Waals surface area contributed by atoms with Crippen LogP contribution in [0.5, 0.6) is 0 Å². The maximum Gasteiger partial charge on any atom is 0.283 e. The normalized spacial score (nSPS) is 31.3. The lowest BCUT2D eigenvalue weighted by atomic mass is 10.1. The molecule has 19 heavy (non-hydrogen) atoms. The maximum atomic E-state index is 12.6. The summed E-state index contributed by atoms with van der Waals surface area (Å²) in [5.74, 6) is -1.14. The zero-order chi connectivity index (χ0) is 14.2. The molecule has 8 heteroatoms. The van der Waals surface area contributed by atoms with Gasteiger partial charge in [-0.2, -0.15) is 17.0 Å². The summed E-state index contributed by atoms with van der Waals surface area (Å²) >= 11 is 0. The van der Waals surface area contributed by atoms with Crippen molar-refractivity contribution in [2.45, 2.75) is 45.2 Å². The zero-order valence-electron chi connectivity index (χ0n) is 11.1. The van der Waals surface area contributed by atoms with E-state index in [1.54, 1.807) is 0 Å². The number of hydrogen-bond donors (Lipinski definition) is 1. The summed E-state index contributed by atoms with van der Waals surface area (Å²) in [6, 6.07) is -0.942. The third kappa shape index (κ3) is 2.65. The highest BCUT2D eigenvalue weighted by atomic mass is 32.2. The van der Waals surface area contributed by atoms with Crippen molar-refractivity contribution in [1.82, 2.24) is 13.9 Å². The van der Waals surface area contributed by atoms with Gasteiger partial charge in [-0.05, 0) is 26.7 Å². The number of piperazine rings is 1. The molecule has 0 aromatic heterocycles. The highest BCUT2D eigenvalue weighted by Gasteiger charge is 2.42. The van der Waals surface area contributed by atoms with Crippen molar-refractivity contribution in [2.24, 2.45) is 0 Å². The van der Waals surface area contributed by atoms with Gasteiger partial charge < -0.3 is 0 Å². The van der Waals surface area contributed by atoms with E-state index in [4.69, 9.17) is 0 Å². The third-order valence-corrected chi connectivity index (χ3v) is 5.88. The minimum Gasteiger partial charge on any atom is -0.294 e. The van der Waals surface area contributed by atoms with Crippen LogP contribution in [-0.4, -0.2) is 54.0 Å². The molecule has 0 bridgehead atoms. The number of imide groups is 1. The molecule has 2 aliphatic heterocycles. The average molecular weight is 289 g/mol. The van der Waals surface area contributed by atoms with Crippen LogP contribution in [-0.2, 0) is 19.8 Å². The number of rotatable bonds is 2. The van der Waals surface area contributed by atoms with Gasteiger partial charge in [-0.1, -0.05) is 6.42 Å². The second-order valence-corrected chi connectivity index (χ2v) is 6.93. The van der Waals surface area contributed by atoms with Crippen LogP contribution in [0.15, 0.2) is 0 Å². The van der Waals surface area contributed by atoms with Crippen LogP contribution in [0.1, 0.15) is 33.1 Å². The Hall–Kier alpha value is -0.990. The van der Waals surface area contributed by atoms with Crippen LogP contribution in [0.25, 0.3) is 0 Å². The standard InChI is InChI=1S/C11H19N3O4S/c1-8-5-3-4-6-13(8)19(17,18)14-7-10(15)12-11(16)9(14)2/h8-9H,3-7H2,1-2H3,(H,12,15,16). The van der Waals surface area contributed by atoms with Gasteiger partial charge >= 0.3 is 0 Å². The largest absolute Gasteiger partial charge is 0.294 e. The van der Waals surface area contributed by atoms with Gasteiger partial charge in [0, 0.05) is 12.6 Å². The van der Waals surface area contributed by atoms with Gasteiger partial charge in [0.1, 0.15) is 6.04 Å². The Morgan fingerprint density at radius 2 is 1.84 bits per heavy atom. The van der Waals surface area contributed by atoms with E-state index >= 15 is 0 Å². The number of carbonyl (C=O) groups is 2. The molecule has 0 radical (unpaired) electrons. The van der Waals surface area contributed by atoms with Crippen LogP contribution in [0.4, 0.5) is 0 Å². The molecular weight excluding hydrogens is 270 g/mol. The van der Waals surface area contributed by atoms with Crippen molar-refractivity contribution in [3.63, 3.8) is 0 Å². The highest BCUT2D eigenvalue weighted by molar-refractivity contribution is 7.86. The highest BCUT2D eigenvalue weighted by Crippen LogP contribution is 2.24. The molecule has 108 valence electrons. The molecule has 2 rings (SSSR count). The van der Waals surface area contributed by atoms with E-state index in [0.29, 0.717) is 6.54 Å². The first-order chi connectivity index (χ1) is 8.84. The van der Waals surface area contributed by atoms with Gasteiger partial charge in [0.05, 0.1) is 6.54 Å². The van der Waals surface area contributed by atoms with Crippen LogP contribution in [0.3, 0.4) is 0 Å². The Bertz CT molecular complexity index is 490. The molecule has 0 aromatic carbocycles. The minimum atomic E-state index is -3.76. The molecule has 2 saturated heterocycles. The Morgan fingerprint density at radius 3 is 2.47 bits per heavy atom. The lowest BCUT2D eigenvalue weighted by Crippen LogP contribution is -2.62. The summed E-state index contributed by atoms with van der Waals surface area (Å²) in [6.07, 6.45) is 2.62. The molecule has 2 unspecified atom stereocenters. The first-order valence-electron chi connectivity index (χ1n) is 6.46. The molecule has 2 amide bonds. The summed E-state index contributed by atoms with van der Waals surface area (Å²) in [5, 5.41) is 2.14. The molecule has 0 aromatic rings. The summed E-state index contributed by atoms with van der Waals surface area (Å²) in [4.78, 5) is 23.0. The van der Waals surface area contributed by atoms with Crippen molar-refractivity contribution >= 4 is 22.0 Å². The molecule has 2 fully saturated rings. The number of carbonyl (C=O) groups excluding carboxylic acids is 2. The number of hydrogen-bond acceptors (Lipinski definition) is 4. The predicted octanol–water partition coefficient (Wildman–Crippen LogP) is -0.547. The Kier molecular flexibility index (Phi) is 3.93. The molecule has 0 saturated carbocycles. The first kappa shape index (κ1) is 14.4. The summed E-state index contributed by atoms with van der Waals surface area (Å²) in [5.41, 5.74) is 0. The van der Waals surface area contributed by atoms with Gasteiger partial charge in [-0.15, -0.1) is 0 Å². The van der Waals surface area contributed by atoms with Crippen molar-refractivity contribution in [3.05, 3.63) is 0 Å². The topological polar surface area (TPSA) is 86.8 Å². The van der Waals surface area contributed by atoms with Crippen molar-refractivity contribution in [1.29, 1.82) is 0 Å². The van der Waals surface area contributed by atoms with Gasteiger partial charge in [0.2, 0.25) is 11.8 Å². The lowest BCUT2D eigenvalue weighted by Gasteiger charge is -2.39. The first-order valence-corrected chi connectivity index (χ1v) is 7.86. The molecule has 2 atom stereocenters. The number of piperidine rings is 1.